The molecule has 0 fully saturated rings. The van der Waals surface area contributed by atoms with Gasteiger partial charge in [-0.25, -0.2) is 0 Å². The van der Waals surface area contributed by atoms with Crippen molar-refractivity contribution in [1.82, 2.24) is 0 Å². The van der Waals surface area contributed by atoms with Gasteiger partial charge >= 0.3 is 0 Å². The number of rotatable bonds is 2. The summed E-state index contributed by atoms with van der Waals surface area (Å²) >= 11 is 3.84. The lowest BCUT2D eigenvalue weighted by atomic mass is 9.58. The van der Waals surface area contributed by atoms with Gasteiger partial charge in [0.05, 0.1) is 11.4 Å². The first-order valence-corrected chi connectivity index (χ1v) is 26.0. The number of nitrogens with zero attached hydrogens (tertiary/aromatic N) is 1. The lowest BCUT2D eigenvalue weighted by molar-refractivity contribution is 0.332. The van der Waals surface area contributed by atoms with Crippen molar-refractivity contribution in [2.45, 2.75) is 104 Å². The van der Waals surface area contributed by atoms with Crippen LogP contribution >= 0.6 is 33.6 Å². The monoisotopic (exact) mass is 880 g/mol. The third-order valence-electron chi connectivity index (χ3n) is 14.9. The van der Waals surface area contributed by atoms with Crippen molar-refractivity contribution >= 4 is 80.2 Å². The first-order valence-electron chi connectivity index (χ1n) is 22.7. The second-order valence-electron chi connectivity index (χ2n) is 19.8. The number of nitrogens with one attached hydrogen (secondary N) is 1. The molecule has 8 aromatic carbocycles. The van der Waals surface area contributed by atoms with Crippen LogP contribution < -0.4 is 21.1 Å². The van der Waals surface area contributed by atoms with Crippen molar-refractivity contribution in [2.24, 2.45) is 0 Å². The molecule has 312 valence electrons. The fourth-order valence-corrected chi connectivity index (χ4v) is 18.4. The molecule has 5 aliphatic rings. The molecule has 1 spiro atoms. The minimum Gasteiger partial charge on any atom is -0.353 e. The molecule has 0 radical (unpaired) electrons. The Labute approximate surface area is 388 Å². The molecule has 0 bridgehead atoms. The highest BCUT2D eigenvalue weighted by atomic mass is 32.3. The normalized spacial score (nSPS) is 17.4. The van der Waals surface area contributed by atoms with E-state index < -0.39 is 10.0 Å². The van der Waals surface area contributed by atoms with Gasteiger partial charge in [0.2, 0.25) is 0 Å². The third-order valence-corrected chi connectivity index (χ3v) is 21.5. The molecular formula is C58H49BN2S3. The Bertz CT molecular complexity index is 3300. The molecule has 0 unspecified atom stereocenters. The largest absolute Gasteiger partial charge is 0.353 e. The average molecular weight is 881 g/mol. The number of hydrogen-bond acceptors (Lipinski definition) is 4. The summed E-state index contributed by atoms with van der Waals surface area (Å²) in [7, 11) is -0.961. The van der Waals surface area contributed by atoms with Crippen LogP contribution in [-0.2, 0) is 10.8 Å². The predicted molar refractivity (Wildman–Crippen MR) is 275 cm³/mol. The number of hydrogen-bond donors (Lipinski definition) is 1. The van der Waals surface area contributed by atoms with Gasteiger partial charge in [-0.2, -0.15) is 0 Å². The van der Waals surface area contributed by atoms with Crippen molar-refractivity contribution in [3.8, 4) is 22.3 Å². The van der Waals surface area contributed by atoms with Crippen molar-refractivity contribution < 1.29 is 0 Å². The summed E-state index contributed by atoms with van der Waals surface area (Å²) in [5, 5.41) is 4.12. The van der Waals surface area contributed by atoms with Crippen molar-refractivity contribution in [3.63, 3.8) is 0 Å². The Morgan fingerprint density at radius 3 is 1.80 bits per heavy atom. The van der Waals surface area contributed by atoms with Crippen molar-refractivity contribution in [3.05, 3.63) is 174 Å². The Balaban J connectivity index is 1.07. The minimum absolute atomic E-state index is 0.0827. The van der Waals surface area contributed by atoms with Crippen LogP contribution in [0.3, 0.4) is 0 Å². The quantitative estimate of drug-likeness (QED) is 0.174. The van der Waals surface area contributed by atoms with Crippen LogP contribution in [0.25, 0.3) is 22.3 Å². The van der Waals surface area contributed by atoms with Gasteiger partial charge in [0.1, 0.15) is 0 Å². The molecule has 4 aliphatic heterocycles. The van der Waals surface area contributed by atoms with E-state index in [0.717, 1.165) is 7.28 Å². The summed E-state index contributed by atoms with van der Waals surface area (Å²) in [5.41, 5.74) is 20.2. The summed E-state index contributed by atoms with van der Waals surface area (Å²) < 4.78 is 0. The summed E-state index contributed by atoms with van der Waals surface area (Å²) in [6.07, 6.45) is 2.38. The molecule has 0 saturated carbocycles. The minimum atomic E-state index is -1.81. The molecule has 0 aromatic heterocycles. The summed E-state index contributed by atoms with van der Waals surface area (Å²) in [6, 6.07) is 58.7. The Kier molecular flexibility index (Phi) is 8.35. The molecule has 1 N–H and O–H groups in total. The van der Waals surface area contributed by atoms with E-state index in [4.69, 9.17) is 0 Å². The van der Waals surface area contributed by atoms with Gasteiger partial charge in [0.15, 0.2) is 7.28 Å². The summed E-state index contributed by atoms with van der Waals surface area (Å²) in [5.74, 6) is 0. The zero-order chi connectivity index (χ0) is 43.3. The fourth-order valence-electron chi connectivity index (χ4n) is 11.6. The zero-order valence-corrected chi connectivity index (χ0v) is 39.7. The first-order chi connectivity index (χ1) is 31.0. The van der Waals surface area contributed by atoms with E-state index in [0.29, 0.717) is 0 Å². The van der Waals surface area contributed by atoms with Crippen molar-refractivity contribution in [2.75, 3.05) is 10.2 Å². The third kappa shape index (κ3) is 5.40. The van der Waals surface area contributed by atoms with E-state index in [-0.39, 0.29) is 10.8 Å². The highest BCUT2D eigenvalue weighted by Crippen LogP contribution is 2.83. The maximum atomic E-state index is 4.12. The molecule has 2 nitrogen and oxygen atoms in total. The van der Waals surface area contributed by atoms with Gasteiger partial charge < -0.3 is 10.2 Å². The molecule has 8 aromatic rings. The molecule has 6 heteroatoms. The highest BCUT2D eigenvalue weighted by molar-refractivity contribution is 8.34. The van der Waals surface area contributed by atoms with Crippen LogP contribution in [0.2, 0.25) is 0 Å². The predicted octanol–water partition coefficient (Wildman–Crippen LogP) is 15.5. The van der Waals surface area contributed by atoms with Crippen LogP contribution in [0, 0.1) is 13.8 Å². The van der Waals surface area contributed by atoms with E-state index in [1.807, 2.05) is 23.5 Å². The van der Waals surface area contributed by atoms with Gasteiger partial charge in [0, 0.05) is 61.8 Å². The number of anilines is 5. The lowest BCUT2D eigenvalue weighted by Crippen LogP contribution is -2.42. The molecule has 0 atom stereocenters. The van der Waals surface area contributed by atoms with Crippen LogP contribution in [-0.4, -0.2) is 7.28 Å². The SMILES string of the molecule is Cc1cc(-c2cccc3c2Nc2ccccc2S32c3ccccc3-c3ccccc32)c2c(c1)N(c1cc3c(cc1C)C(C)(C)CCC3(C)C)c1cc3c(cc1B2)Sc1ccccc1S3. The van der Waals surface area contributed by atoms with Gasteiger partial charge in [0.25, 0.3) is 0 Å². The second-order valence-corrected chi connectivity index (χ2v) is 24.9. The van der Waals surface area contributed by atoms with Crippen LogP contribution in [0.15, 0.2) is 191 Å². The topological polar surface area (TPSA) is 15.3 Å². The second kappa shape index (κ2) is 13.7. The highest BCUT2D eigenvalue weighted by Gasteiger charge is 2.47. The van der Waals surface area contributed by atoms with Crippen molar-refractivity contribution in [1.29, 1.82) is 0 Å². The molecule has 0 amide bonds. The van der Waals surface area contributed by atoms with Gasteiger partial charge in [-0.05, 0) is 143 Å². The van der Waals surface area contributed by atoms with E-state index in [9.17, 15) is 0 Å². The zero-order valence-electron chi connectivity index (χ0n) is 37.2. The molecule has 0 saturated heterocycles. The maximum absolute atomic E-state index is 4.12. The average Bonchev–Trinajstić information content (AvgIpc) is 3.59. The standard InChI is InChI=1S/C58H49BN2S3/c1-34-28-39(38-18-15-25-54-56(38)60-43-19-9-14-24-53(43)64(54)51-22-12-7-16-36(51)37-17-8-13-23-52(37)64)55-46(29-34)61(44-31-41-40(30-35(44)2)57(3,4)26-27-58(41,5)6)45-33-50-49(32-42(45)59-55)62-47-20-10-11-21-48(47)63-50/h7-25,28-33,59-60H,26-27H2,1-6H3. The van der Waals surface area contributed by atoms with E-state index >= 15 is 0 Å². The first kappa shape index (κ1) is 38.9. The molecule has 1 aliphatic carbocycles. The Morgan fingerprint density at radius 2 is 1.09 bits per heavy atom. The Morgan fingerprint density at radius 1 is 0.516 bits per heavy atom. The lowest BCUT2D eigenvalue weighted by Gasteiger charge is -2.45. The number of para-hydroxylation sites is 2. The number of benzene rings is 8. The molecule has 4 heterocycles. The molecule has 13 rings (SSSR count). The number of aryl methyl sites for hydroxylation is 2. The summed E-state index contributed by atoms with van der Waals surface area (Å²) in [4.78, 5) is 13.7. The molecule has 64 heavy (non-hydrogen) atoms. The molecular weight excluding hydrogens is 832 g/mol. The summed E-state index contributed by atoms with van der Waals surface area (Å²) in [6.45, 7) is 14.5. The van der Waals surface area contributed by atoms with Gasteiger partial charge in [-0.1, -0.05) is 148 Å². The fraction of sp³-hybridized carbons (Fsp3) is 0.172. The van der Waals surface area contributed by atoms with Crippen LogP contribution in [0.5, 0.6) is 0 Å². The van der Waals surface area contributed by atoms with Crippen LogP contribution in [0.1, 0.15) is 62.8 Å². The Hall–Kier alpha value is -5.53. The van der Waals surface area contributed by atoms with E-state index in [1.165, 1.54) is 136 Å². The van der Waals surface area contributed by atoms with E-state index in [2.05, 4.69) is 203 Å². The smallest absolute Gasteiger partial charge is 0.198 e. The van der Waals surface area contributed by atoms with Gasteiger partial charge in [-0.15, -0.1) is 10.0 Å². The van der Waals surface area contributed by atoms with Crippen LogP contribution in [0.4, 0.5) is 28.4 Å². The van der Waals surface area contributed by atoms with E-state index in [1.54, 1.807) is 0 Å². The maximum Gasteiger partial charge on any atom is 0.198 e. The number of fused-ring (bicyclic) bond motifs is 14. The van der Waals surface area contributed by atoms with Gasteiger partial charge in [-0.3, -0.25) is 0 Å².